The van der Waals surface area contributed by atoms with E-state index in [1.807, 2.05) is 0 Å². The van der Waals surface area contributed by atoms with Gasteiger partial charge in [-0.05, 0) is 38.5 Å². The van der Waals surface area contributed by atoms with Crippen LogP contribution in [0.4, 0.5) is 31.1 Å². The molecule has 0 spiro atoms. The summed E-state index contributed by atoms with van der Waals surface area (Å²) < 4.78 is 92.7. The van der Waals surface area contributed by atoms with Gasteiger partial charge in [0.15, 0.2) is 5.75 Å². The Morgan fingerprint density at radius 2 is 1.60 bits per heavy atom. The van der Waals surface area contributed by atoms with E-state index < -0.39 is 58.9 Å². The third-order valence-corrected chi connectivity index (χ3v) is 4.42. The Labute approximate surface area is 194 Å². The fraction of sp³-hybridized carbons (Fsp3) is 0.318. The van der Waals surface area contributed by atoms with Gasteiger partial charge in [-0.3, -0.25) is 0 Å². The third kappa shape index (κ3) is 6.03. The number of hydrogen-bond donors (Lipinski definition) is 0. The van der Waals surface area contributed by atoms with Crippen LogP contribution in [-0.4, -0.2) is 26.0 Å². The Morgan fingerprint density at radius 1 is 0.971 bits per heavy atom. The number of aromatic nitrogens is 3. The van der Waals surface area contributed by atoms with Gasteiger partial charge in [0, 0.05) is 0 Å². The molecule has 0 radical (unpaired) electrons. The molecule has 1 aromatic heterocycles. The Bertz CT molecular complexity index is 1270. The average molecular weight is 503 g/mol. The summed E-state index contributed by atoms with van der Waals surface area (Å²) in [6, 6.07) is 8.11. The van der Waals surface area contributed by atoms with Crippen LogP contribution in [0.1, 0.15) is 37.5 Å². The zero-order chi connectivity index (χ0) is 26.2. The van der Waals surface area contributed by atoms with Crippen molar-refractivity contribution in [3.05, 3.63) is 76.0 Å². The highest BCUT2D eigenvalue weighted by molar-refractivity contribution is 5.69. The molecule has 0 saturated heterocycles. The molecule has 35 heavy (non-hydrogen) atoms. The second-order valence-electron chi connectivity index (χ2n) is 8.32. The maximum Gasteiger partial charge on any atom is 0.439 e. The molecule has 0 saturated carbocycles. The molecule has 0 fully saturated rings. The van der Waals surface area contributed by atoms with E-state index in [2.05, 4.69) is 5.10 Å². The van der Waals surface area contributed by atoms with Gasteiger partial charge >= 0.3 is 24.1 Å². The maximum absolute atomic E-state index is 13.8. The van der Waals surface area contributed by atoms with Gasteiger partial charge in [0.05, 0.1) is 11.3 Å². The van der Waals surface area contributed by atoms with Gasteiger partial charge in [-0.15, -0.1) is 9.78 Å². The highest BCUT2D eigenvalue weighted by Gasteiger charge is 2.41. The van der Waals surface area contributed by atoms with E-state index in [0.717, 1.165) is 0 Å². The van der Waals surface area contributed by atoms with Gasteiger partial charge in [0.1, 0.15) is 24.1 Å². The number of carbonyl (C=O) groups is 1. The minimum absolute atomic E-state index is 0.104. The van der Waals surface area contributed by atoms with Crippen molar-refractivity contribution in [2.24, 2.45) is 0 Å². The number of hydrogen-bond acceptors (Lipinski definition) is 5. The van der Waals surface area contributed by atoms with Crippen molar-refractivity contribution in [3.63, 3.8) is 0 Å². The molecule has 13 heteroatoms. The number of rotatable bonds is 4. The molecule has 0 amide bonds. The maximum atomic E-state index is 13.8. The normalized spacial score (nSPS) is 12.5. The average Bonchev–Trinajstić information content (AvgIpc) is 3.11. The van der Waals surface area contributed by atoms with Gasteiger partial charge in [0.25, 0.3) is 0 Å². The fourth-order valence-corrected chi connectivity index (χ4v) is 2.95. The molecule has 3 rings (SSSR count). The molecule has 0 aliphatic rings. The van der Waals surface area contributed by atoms with Crippen LogP contribution in [0.25, 0.3) is 5.69 Å². The quantitative estimate of drug-likeness (QED) is 0.444. The summed E-state index contributed by atoms with van der Waals surface area (Å²) in [6.07, 6.45) is -11.1. The van der Waals surface area contributed by atoms with Crippen LogP contribution in [0, 0.1) is 0 Å². The summed E-state index contributed by atoms with van der Waals surface area (Å²) in [5.74, 6) is -1.04. The van der Waals surface area contributed by atoms with Crippen molar-refractivity contribution in [3.8, 4) is 11.4 Å². The third-order valence-electron chi connectivity index (χ3n) is 4.42. The Kier molecular flexibility index (Phi) is 6.73. The van der Waals surface area contributed by atoms with E-state index in [0.29, 0.717) is 22.5 Å². The molecule has 0 unspecified atom stereocenters. The van der Waals surface area contributed by atoms with E-state index >= 15 is 0 Å². The lowest BCUT2D eigenvalue weighted by molar-refractivity contribution is -0.144. The first-order valence-electron chi connectivity index (χ1n) is 9.97. The number of halogens is 6. The summed E-state index contributed by atoms with van der Waals surface area (Å²) in [4.78, 5) is 25.0. The predicted molar refractivity (Wildman–Crippen MR) is 110 cm³/mol. The van der Waals surface area contributed by atoms with E-state index in [1.165, 1.54) is 32.9 Å². The molecule has 0 N–H and O–H groups in total. The minimum atomic E-state index is -5.27. The van der Waals surface area contributed by atoms with Crippen LogP contribution < -0.4 is 10.4 Å². The van der Waals surface area contributed by atoms with Crippen LogP contribution in [0.2, 0.25) is 0 Å². The molecular formula is C22H19F6N3O4. The van der Waals surface area contributed by atoms with Crippen molar-refractivity contribution < 1.29 is 40.6 Å². The smallest absolute Gasteiger partial charge is 0.439 e. The van der Waals surface area contributed by atoms with Crippen molar-refractivity contribution >= 4 is 6.09 Å². The first-order valence-corrected chi connectivity index (χ1v) is 9.97. The van der Waals surface area contributed by atoms with Crippen molar-refractivity contribution in [2.45, 2.75) is 45.3 Å². The lowest BCUT2D eigenvalue weighted by atomic mass is 10.1. The summed E-state index contributed by atoms with van der Waals surface area (Å²) in [7, 11) is 0. The van der Waals surface area contributed by atoms with Gasteiger partial charge in [-0.1, -0.05) is 30.3 Å². The SMILES string of the molecule is CC(C)(C)OC(=O)n1ncn(-c2cc(C(F)(F)F)cc(C(F)(F)F)c2OCc2ccccc2)c1=O. The first kappa shape index (κ1) is 25.8. The minimum Gasteiger partial charge on any atom is -0.486 e. The standard InChI is InChI=1S/C22H19F6N3O4/c1-20(2,3)35-19(33)31-18(32)30(12-29-31)16-10-14(21(23,24)25)9-15(22(26,27)28)17(16)34-11-13-7-5-4-6-8-13/h4-10,12H,11H2,1-3H3. The monoisotopic (exact) mass is 503 g/mol. The number of ether oxygens (including phenoxy) is 2. The van der Waals surface area contributed by atoms with Crippen molar-refractivity contribution in [1.82, 2.24) is 14.3 Å². The molecule has 2 aromatic carbocycles. The van der Waals surface area contributed by atoms with Crippen LogP contribution in [0.15, 0.2) is 53.6 Å². The molecule has 7 nitrogen and oxygen atoms in total. The molecule has 0 aliphatic carbocycles. The molecule has 0 bridgehead atoms. The van der Waals surface area contributed by atoms with Crippen LogP contribution >= 0.6 is 0 Å². The van der Waals surface area contributed by atoms with Crippen molar-refractivity contribution in [2.75, 3.05) is 0 Å². The lowest BCUT2D eigenvalue weighted by Gasteiger charge is -2.20. The molecule has 1 heterocycles. The van der Waals surface area contributed by atoms with Gasteiger partial charge in [-0.25, -0.2) is 14.2 Å². The highest BCUT2D eigenvalue weighted by atomic mass is 19.4. The summed E-state index contributed by atoms with van der Waals surface area (Å²) in [6.45, 7) is 4.03. The highest BCUT2D eigenvalue weighted by Crippen LogP contribution is 2.44. The van der Waals surface area contributed by atoms with Gasteiger partial charge in [-0.2, -0.15) is 26.3 Å². The molecule has 3 aromatic rings. The lowest BCUT2D eigenvalue weighted by Crippen LogP contribution is -2.35. The summed E-state index contributed by atoms with van der Waals surface area (Å²) in [5.41, 5.74) is -6.31. The topological polar surface area (TPSA) is 75.3 Å². The molecule has 0 aliphatic heterocycles. The van der Waals surface area contributed by atoms with Crippen molar-refractivity contribution in [1.29, 1.82) is 0 Å². The van der Waals surface area contributed by atoms with E-state index in [9.17, 15) is 35.9 Å². The van der Waals surface area contributed by atoms with E-state index in [1.54, 1.807) is 18.2 Å². The number of nitrogens with zero attached hydrogens (tertiary/aromatic N) is 3. The number of benzene rings is 2. The second-order valence-corrected chi connectivity index (χ2v) is 8.32. The summed E-state index contributed by atoms with van der Waals surface area (Å²) >= 11 is 0. The van der Waals surface area contributed by atoms with Crippen LogP contribution in [0.5, 0.6) is 5.75 Å². The van der Waals surface area contributed by atoms with Gasteiger partial charge < -0.3 is 9.47 Å². The largest absolute Gasteiger partial charge is 0.486 e. The van der Waals surface area contributed by atoms with Crippen LogP contribution in [0.3, 0.4) is 0 Å². The van der Waals surface area contributed by atoms with E-state index in [-0.39, 0.29) is 10.7 Å². The predicted octanol–water partition coefficient (Wildman–Crippen LogP) is 5.43. The number of alkyl halides is 6. The fourth-order valence-electron chi connectivity index (χ4n) is 2.95. The number of carbonyl (C=O) groups excluding carboxylic acids is 1. The van der Waals surface area contributed by atoms with Crippen LogP contribution in [-0.2, 0) is 23.7 Å². The Hall–Kier alpha value is -3.77. The first-order chi connectivity index (χ1) is 16.1. The Balaban J connectivity index is 2.22. The zero-order valence-corrected chi connectivity index (χ0v) is 18.6. The summed E-state index contributed by atoms with van der Waals surface area (Å²) in [5, 5.41) is 3.49. The molecule has 0 atom stereocenters. The zero-order valence-electron chi connectivity index (χ0n) is 18.6. The molecule has 188 valence electrons. The van der Waals surface area contributed by atoms with E-state index in [4.69, 9.17) is 9.47 Å². The second kappa shape index (κ2) is 9.12. The van der Waals surface area contributed by atoms with Gasteiger partial charge in [0.2, 0.25) is 0 Å². The Morgan fingerprint density at radius 3 is 2.14 bits per heavy atom. The molecular weight excluding hydrogens is 484 g/mol.